The van der Waals surface area contributed by atoms with E-state index in [1.807, 2.05) is 0 Å². The summed E-state index contributed by atoms with van der Waals surface area (Å²) in [5.41, 5.74) is 15.8. The highest BCUT2D eigenvalue weighted by molar-refractivity contribution is 5.99. The van der Waals surface area contributed by atoms with E-state index in [-0.39, 0.29) is 11.6 Å². The van der Waals surface area contributed by atoms with Gasteiger partial charge in [0, 0.05) is 28.2 Å². The standard InChI is InChI=1S/C50H39N3/c1-50(2)45-31-37-25-28-42(52(39-19-11-5-12-20-39)41-26-23-35(24-27-41)34-15-7-3-8-16-34)29-38(37)30-43(45)44-32-48-47(33-46(44)50)51-49(36-17-9-4-10-18-36)53(48)40-21-13-6-14-22-40/h3-33,49,51H,1-2H3. The third-order valence-corrected chi connectivity index (χ3v) is 11.2. The summed E-state index contributed by atoms with van der Waals surface area (Å²) in [5, 5.41) is 6.39. The molecule has 3 heteroatoms. The Hall–Kier alpha value is -6.58. The van der Waals surface area contributed by atoms with Crippen LogP contribution in [0.5, 0.6) is 0 Å². The molecule has 0 saturated carbocycles. The third kappa shape index (κ3) is 5.19. The highest BCUT2D eigenvalue weighted by Gasteiger charge is 2.40. The van der Waals surface area contributed by atoms with Crippen LogP contribution in [0, 0.1) is 0 Å². The predicted molar refractivity (Wildman–Crippen MR) is 223 cm³/mol. The van der Waals surface area contributed by atoms with E-state index in [2.05, 4.69) is 217 Å². The fourth-order valence-corrected chi connectivity index (χ4v) is 8.51. The number of para-hydroxylation sites is 2. The fourth-order valence-electron chi connectivity index (χ4n) is 8.51. The quantitative estimate of drug-likeness (QED) is 0.188. The molecule has 0 amide bonds. The van der Waals surface area contributed by atoms with Crippen molar-refractivity contribution in [3.8, 4) is 22.3 Å². The highest BCUT2D eigenvalue weighted by atomic mass is 15.3. The Morgan fingerprint density at radius 3 is 1.77 bits per heavy atom. The van der Waals surface area contributed by atoms with Gasteiger partial charge in [0.1, 0.15) is 6.17 Å². The lowest BCUT2D eigenvalue weighted by molar-refractivity contribution is 0.661. The second-order valence-electron chi connectivity index (χ2n) is 14.7. The molecule has 0 fully saturated rings. The molecule has 8 aromatic rings. The zero-order valence-corrected chi connectivity index (χ0v) is 29.9. The Kier molecular flexibility index (Phi) is 7.23. The lowest BCUT2D eigenvalue weighted by atomic mass is 9.81. The molecule has 0 aromatic heterocycles. The molecule has 0 spiro atoms. The molecule has 1 N–H and O–H groups in total. The van der Waals surface area contributed by atoms with Crippen molar-refractivity contribution in [2.75, 3.05) is 15.1 Å². The molecular weight excluding hydrogens is 643 g/mol. The number of rotatable bonds is 6. The Balaban J connectivity index is 1.09. The molecule has 1 aliphatic carbocycles. The molecular formula is C50H39N3. The van der Waals surface area contributed by atoms with Crippen molar-refractivity contribution in [2.24, 2.45) is 0 Å². The largest absolute Gasteiger partial charge is 0.359 e. The number of anilines is 6. The van der Waals surface area contributed by atoms with Crippen LogP contribution in [0.15, 0.2) is 188 Å². The van der Waals surface area contributed by atoms with Gasteiger partial charge in [0.25, 0.3) is 0 Å². The number of nitrogens with zero attached hydrogens (tertiary/aromatic N) is 2. The summed E-state index contributed by atoms with van der Waals surface area (Å²) >= 11 is 0. The van der Waals surface area contributed by atoms with Gasteiger partial charge in [-0.3, -0.25) is 0 Å². The molecule has 1 aliphatic heterocycles. The molecule has 8 aromatic carbocycles. The average Bonchev–Trinajstić information content (AvgIpc) is 3.69. The summed E-state index contributed by atoms with van der Waals surface area (Å²) in [5.74, 6) is 0. The van der Waals surface area contributed by atoms with E-state index >= 15 is 0 Å². The molecule has 53 heavy (non-hydrogen) atoms. The van der Waals surface area contributed by atoms with Gasteiger partial charge in [-0.15, -0.1) is 0 Å². The molecule has 2 aliphatic rings. The number of benzene rings is 8. The van der Waals surface area contributed by atoms with Gasteiger partial charge < -0.3 is 15.1 Å². The van der Waals surface area contributed by atoms with E-state index in [1.165, 1.54) is 66.8 Å². The van der Waals surface area contributed by atoms with Crippen LogP contribution in [-0.4, -0.2) is 0 Å². The van der Waals surface area contributed by atoms with E-state index < -0.39 is 0 Å². The van der Waals surface area contributed by atoms with Gasteiger partial charge >= 0.3 is 0 Å². The van der Waals surface area contributed by atoms with Gasteiger partial charge in [-0.1, -0.05) is 129 Å². The first-order chi connectivity index (χ1) is 26.0. The summed E-state index contributed by atoms with van der Waals surface area (Å²) in [6, 6.07) is 68.3. The molecule has 1 unspecified atom stereocenters. The molecule has 1 atom stereocenters. The topological polar surface area (TPSA) is 18.5 Å². The van der Waals surface area contributed by atoms with Gasteiger partial charge in [0.2, 0.25) is 0 Å². The second-order valence-corrected chi connectivity index (χ2v) is 14.7. The van der Waals surface area contributed by atoms with Crippen LogP contribution in [0.25, 0.3) is 33.0 Å². The minimum absolute atomic E-state index is 0.00333. The number of fused-ring (bicyclic) bond motifs is 5. The summed E-state index contributed by atoms with van der Waals surface area (Å²) in [4.78, 5) is 4.81. The Bertz CT molecular complexity index is 2600. The minimum Gasteiger partial charge on any atom is -0.359 e. The van der Waals surface area contributed by atoms with Crippen molar-refractivity contribution in [1.29, 1.82) is 0 Å². The summed E-state index contributed by atoms with van der Waals surface area (Å²) in [6.07, 6.45) is 0.00333. The molecule has 1 heterocycles. The van der Waals surface area contributed by atoms with Crippen molar-refractivity contribution in [3.63, 3.8) is 0 Å². The molecule has 0 radical (unpaired) electrons. The van der Waals surface area contributed by atoms with Crippen LogP contribution in [0.1, 0.15) is 36.7 Å². The molecule has 0 bridgehead atoms. The van der Waals surface area contributed by atoms with Crippen molar-refractivity contribution in [2.45, 2.75) is 25.4 Å². The van der Waals surface area contributed by atoms with Gasteiger partial charge in [0.15, 0.2) is 0 Å². The highest BCUT2D eigenvalue weighted by Crippen LogP contribution is 2.56. The van der Waals surface area contributed by atoms with Crippen LogP contribution in [0.2, 0.25) is 0 Å². The lowest BCUT2D eigenvalue weighted by Gasteiger charge is -2.27. The number of hydrogen-bond acceptors (Lipinski definition) is 3. The molecule has 0 saturated heterocycles. The van der Waals surface area contributed by atoms with E-state index in [4.69, 9.17) is 0 Å². The van der Waals surface area contributed by atoms with Crippen LogP contribution in [0.3, 0.4) is 0 Å². The van der Waals surface area contributed by atoms with Crippen LogP contribution >= 0.6 is 0 Å². The molecule has 3 nitrogen and oxygen atoms in total. The summed E-state index contributed by atoms with van der Waals surface area (Å²) in [7, 11) is 0. The van der Waals surface area contributed by atoms with Crippen molar-refractivity contribution in [1.82, 2.24) is 0 Å². The Morgan fingerprint density at radius 2 is 1.06 bits per heavy atom. The number of hydrogen-bond donors (Lipinski definition) is 1. The SMILES string of the molecule is CC1(C)c2cc3c(cc2-c2cc4cc(N(c5ccccc5)c5ccc(-c6ccccc6)cc5)ccc4cc21)N(c1ccccc1)C(c1ccccc1)N3. The lowest BCUT2D eigenvalue weighted by Crippen LogP contribution is -2.23. The maximum absolute atomic E-state index is 3.91. The Labute approximate surface area is 311 Å². The van der Waals surface area contributed by atoms with E-state index in [1.54, 1.807) is 0 Å². The maximum Gasteiger partial charge on any atom is 0.130 e. The van der Waals surface area contributed by atoms with E-state index in [0.717, 1.165) is 17.1 Å². The zero-order chi connectivity index (χ0) is 35.5. The third-order valence-electron chi connectivity index (χ3n) is 11.2. The van der Waals surface area contributed by atoms with E-state index in [0.29, 0.717) is 0 Å². The van der Waals surface area contributed by atoms with Gasteiger partial charge in [-0.2, -0.15) is 0 Å². The van der Waals surface area contributed by atoms with Crippen molar-refractivity contribution in [3.05, 3.63) is 205 Å². The van der Waals surface area contributed by atoms with Gasteiger partial charge in [-0.05, 0) is 123 Å². The minimum atomic E-state index is -0.146. The fraction of sp³-hybridized carbons (Fsp3) is 0.0800. The van der Waals surface area contributed by atoms with Gasteiger partial charge in [-0.25, -0.2) is 0 Å². The monoisotopic (exact) mass is 681 g/mol. The predicted octanol–water partition coefficient (Wildman–Crippen LogP) is 13.5. The normalized spacial score (nSPS) is 15.1. The van der Waals surface area contributed by atoms with Crippen molar-refractivity contribution < 1.29 is 0 Å². The van der Waals surface area contributed by atoms with Crippen molar-refractivity contribution >= 4 is 44.9 Å². The van der Waals surface area contributed by atoms with E-state index in [9.17, 15) is 0 Å². The van der Waals surface area contributed by atoms with Gasteiger partial charge in [0.05, 0.1) is 11.4 Å². The number of nitrogens with one attached hydrogen (secondary N) is 1. The second kappa shape index (κ2) is 12.3. The zero-order valence-electron chi connectivity index (χ0n) is 29.9. The van der Waals surface area contributed by atoms with Crippen LogP contribution < -0.4 is 15.1 Å². The Morgan fingerprint density at radius 1 is 0.491 bits per heavy atom. The maximum atomic E-state index is 3.91. The van der Waals surface area contributed by atoms with Crippen LogP contribution in [-0.2, 0) is 5.41 Å². The first-order valence-corrected chi connectivity index (χ1v) is 18.5. The molecule has 254 valence electrons. The first kappa shape index (κ1) is 31.2. The van der Waals surface area contributed by atoms with Crippen LogP contribution in [0.4, 0.5) is 34.1 Å². The average molecular weight is 682 g/mol. The summed E-state index contributed by atoms with van der Waals surface area (Å²) in [6.45, 7) is 4.75. The summed E-state index contributed by atoms with van der Waals surface area (Å²) < 4.78 is 0. The smallest absolute Gasteiger partial charge is 0.130 e. The first-order valence-electron chi connectivity index (χ1n) is 18.5. The molecule has 10 rings (SSSR count).